The fourth-order valence-electron chi connectivity index (χ4n) is 1.21. The number of rotatable bonds is 5. The predicted molar refractivity (Wildman–Crippen MR) is 52.5 cm³/mol. The van der Waals surface area contributed by atoms with Crippen molar-refractivity contribution in [1.29, 1.82) is 0 Å². The van der Waals surface area contributed by atoms with E-state index in [1.165, 1.54) is 0 Å². The number of carboxylic acids is 1. The molecule has 0 unspecified atom stereocenters. The van der Waals surface area contributed by atoms with Gasteiger partial charge in [-0.25, -0.2) is 0 Å². The van der Waals surface area contributed by atoms with E-state index in [1.54, 1.807) is 18.2 Å². The maximum atomic E-state index is 10.2. The third-order valence-electron chi connectivity index (χ3n) is 1.87. The highest BCUT2D eigenvalue weighted by Gasteiger charge is 1.99. The highest BCUT2D eigenvalue weighted by molar-refractivity contribution is 5.66. The van der Waals surface area contributed by atoms with E-state index in [1.807, 2.05) is 6.07 Å². The second-order valence-electron chi connectivity index (χ2n) is 3.01. The Morgan fingerprint density at radius 2 is 2.21 bits per heavy atom. The highest BCUT2D eigenvalue weighted by atomic mass is 16.4. The minimum Gasteiger partial charge on any atom is -0.481 e. The van der Waals surface area contributed by atoms with E-state index < -0.39 is 5.97 Å². The molecule has 0 saturated carbocycles. The van der Waals surface area contributed by atoms with Crippen LogP contribution in [-0.2, 0) is 11.2 Å². The van der Waals surface area contributed by atoms with E-state index in [2.05, 4.69) is 5.18 Å². The molecule has 1 aromatic rings. The van der Waals surface area contributed by atoms with Crippen molar-refractivity contribution in [3.05, 3.63) is 34.7 Å². The average Bonchev–Trinajstić information content (AvgIpc) is 2.18. The topological polar surface area (TPSA) is 66.7 Å². The van der Waals surface area contributed by atoms with E-state index >= 15 is 0 Å². The van der Waals surface area contributed by atoms with Crippen LogP contribution < -0.4 is 0 Å². The van der Waals surface area contributed by atoms with Gasteiger partial charge < -0.3 is 5.11 Å². The fourth-order valence-corrected chi connectivity index (χ4v) is 1.21. The number of hydrogen-bond acceptors (Lipinski definition) is 3. The molecular weight excluding hydrogens is 182 g/mol. The summed E-state index contributed by atoms with van der Waals surface area (Å²) in [5.41, 5.74) is 1.33. The van der Waals surface area contributed by atoms with Crippen LogP contribution in [-0.4, -0.2) is 11.1 Å². The average molecular weight is 193 g/mol. The zero-order valence-electron chi connectivity index (χ0n) is 7.64. The molecule has 74 valence electrons. The maximum Gasteiger partial charge on any atom is 0.303 e. The molecule has 0 atom stereocenters. The molecule has 4 nitrogen and oxygen atoms in total. The van der Waals surface area contributed by atoms with Crippen molar-refractivity contribution in [3.8, 4) is 0 Å². The van der Waals surface area contributed by atoms with Crippen molar-refractivity contribution in [3.63, 3.8) is 0 Å². The van der Waals surface area contributed by atoms with Gasteiger partial charge in [0.1, 0.15) is 5.69 Å². The number of carboxylic acid groups (broad SMARTS) is 1. The highest BCUT2D eigenvalue weighted by Crippen LogP contribution is 2.15. The normalized spacial score (nSPS) is 9.71. The molecule has 0 aliphatic heterocycles. The van der Waals surface area contributed by atoms with Gasteiger partial charge in [0.05, 0.1) is 0 Å². The summed E-state index contributed by atoms with van der Waals surface area (Å²) in [5, 5.41) is 11.2. The lowest BCUT2D eigenvalue weighted by Gasteiger charge is -1.99. The molecule has 0 amide bonds. The Balaban J connectivity index is 2.50. The van der Waals surface area contributed by atoms with Crippen LogP contribution in [0.15, 0.2) is 29.4 Å². The van der Waals surface area contributed by atoms with Crippen LogP contribution in [0.2, 0.25) is 0 Å². The number of carbonyl (C=O) groups is 1. The second kappa shape index (κ2) is 5.11. The van der Waals surface area contributed by atoms with Crippen LogP contribution in [0.5, 0.6) is 0 Å². The number of nitrogens with zero attached hydrogens (tertiary/aromatic N) is 1. The zero-order chi connectivity index (χ0) is 10.4. The lowest BCUT2D eigenvalue weighted by molar-refractivity contribution is -0.137. The summed E-state index contributed by atoms with van der Waals surface area (Å²) in [6.07, 6.45) is 1.39. The summed E-state index contributed by atoms with van der Waals surface area (Å²) in [5.74, 6) is -0.797. The van der Waals surface area contributed by atoms with Gasteiger partial charge >= 0.3 is 5.97 Å². The molecule has 0 aliphatic rings. The van der Waals surface area contributed by atoms with Crippen LogP contribution >= 0.6 is 0 Å². The fraction of sp³-hybridized carbons (Fsp3) is 0.300. The molecule has 14 heavy (non-hydrogen) atoms. The van der Waals surface area contributed by atoms with Gasteiger partial charge in [-0.05, 0) is 35.7 Å². The van der Waals surface area contributed by atoms with Crippen molar-refractivity contribution in [2.75, 3.05) is 0 Å². The standard InChI is InChI=1S/C10H11NO3/c12-10(13)6-2-4-8-3-1-5-9(7-8)11-14/h1,3,5,7H,2,4,6H2,(H,12,13). The number of hydrogen-bond donors (Lipinski definition) is 1. The first-order valence-electron chi connectivity index (χ1n) is 4.36. The van der Waals surface area contributed by atoms with E-state index in [9.17, 15) is 9.70 Å². The Morgan fingerprint density at radius 1 is 1.43 bits per heavy atom. The molecule has 0 aliphatic carbocycles. The van der Waals surface area contributed by atoms with Crippen molar-refractivity contribution in [2.45, 2.75) is 19.3 Å². The van der Waals surface area contributed by atoms with Crippen molar-refractivity contribution in [1.82, 2.24) is 0 Å². The molecular formula is C10H11NO3. The minimum absolute atomic E-state index is 0.152. The van der Waals surface area contributed by atoms with E-state index in [0.717, 1.165) is 5.56 Å². The summed E-state index contributed by atoms with van der Waals surface area (Å²) in [7, 11) is 0. The number of benzene rings is 1. The van der Waals surface area contributed by atoms with Crippen LogP contribution in [0.4, 0.5) is 5.69 Å². The van der Waals surface area contributed by atoms with E-state index in [-0.39, 0.29) is 6.42 Å². The van der Waals surface area contributed by atoms with Gasteiger partial charge in [0.25, 0.3) is 0 Å². The Bertz CT molecular complexity index is 336. The van der Waals surface area contributed by atoms with Crippen LogP contribution in [0, 0.1) is 4.91 Å². The molecule has 0 heterocycles. The Morgan fingerprint density at radius 3 is 2.86 bits per heavy atom. The first-order chi connectivity index (χ1) is 6.72. The molecule has 0 fully saturated rings. The van der Waals surface area contributed by atoms with Gasteiger partial charge in [0, 0.05) is 6.42 Å². The van der Waals surface area contributed by atoms with Crippen molar-refractivity contribution in [2.24, 2.45) is 5.18 Å². The van der Waals surface area contributed by atoms with Gasteiger partial charge in [-0.1, -0.05) is 12.1 Å². The first-order valence-corrected chi connectivity index (χ1v) is 4.36. The molecule has 1 rings (SSSR count). The van der Waals surface area contributed by atoms with Crippen molar-refractivity contribution < 1.29 is 9.90 Å². The number of nitroso groups, excluding NO2 is 1. The van der Waals surface area contributed by atoms with Gasteiger partial charge in [-0.3, -0.25) is 4.79 Å². The van der Waals surface area contributed by atoms with Crippen LogP contribution in [0.1, 0.15) is 18.4 Å². The number of aliphatic carboxylic acids is 1. The Labute approximate surface area is 81.5 Å². The molecule has 1 aromatic carbocycles. The summed E-state index contributed by atoms with van der Waals surface area (Å²) < 4.78 is 0. The van der Waals surface area contributed by atoms with E-state index in [4.69, 9.17) is 5.11 Å². The largest absolute Gasteiger partial charge is 0.481 e. The second-order valence-corrected chi connectivity index (χ2v) is 3.01. The predicted octanol–water partition coefficient (Wildman–Crippen LogP) is 2.49. The van der Waals surface area contributed by atoms with Gasteiger partial charge in [0.15, 0.2) is 0 Å². The first kappa shape index (κ1) is 10.4. The zero-order valence-corrected chi connectivity index (χ0v) is 7.64. The molecule has 0 aromatic heterocycles. The minimum atomic E-state index is -0.797. The summed E-state index contributed by atoms with van der Waals surface area (Å²) >= 11 is 0. The third-order valence-corrected chi connectivity index (χ3v) is 1.87. The van der Waals surface area contributed by atoms with Gasteiger partial charge in [-0.2, -0.15) is 0 Å². The van der Waals surface area contributed by atoms with E-state index in [0.29, 0.717) is 18.5 Å². The molecule has 1 N–H and O–H groups in total. The van der Waals surface area contributed by atoms with Crippen LogP contribution in [0.3, 0.4) is 0 Å². The van der Waals surface area contributed by atoms with Crippen molar-refractivity contribution >= 4 is 11.7 Å². The smallest absolute Gasteiger partial charge is 0.303 e. The summed E-state index contributed by atoms with van der Waals surface area (Å²) in [6, 6.07) is 6.89. The molecule has 0 radical (unpaired) electrons. The SMILES string of the molecule is O=Nc1cccc(CCCC(=O)O)c1. The number of aryl methyl sites for hydroxylation is 1. The molecule has 0 spiro atoms. The summed E-state index contributed by atoms with van der Waals surface area (Å²) in [4.78, 5) is 20.4. The third kappa shape index (κ3) is 3.35. The quantitative estimate of drug-likeness (QED) is 0.730. The van der Waals surface area contributed by atoms with Gasteiger partial charge in [-0.15, -0.1) is 4.91 Å². The Kier molecular flexibility index (Phi) is 3.79. The Hall–Kier alpha value is -1.71. The molecule has 4 heteroatoms. The lowest BCUT2D eigenvalue weighted by Crippen LogP contribution is -1.95. The molecule has 0 saturated heterocycles. The summed E-state index contributed by atoms with van der Waals surface area (Å²) in [6.45, 7) is 0. The maximum absolute atomic E-state index is 10.2. The monoisotopic (exact) mass is 193 g/mol. The van der Waals surface area contributed by atoms with Crippen LogP contribution in [0.25, 0.3) is 0 Å². The molecule has 0 bridgehead atoms. The lowest BCUT2D eigenvalue weighted by atomic mass is 10.1. The van der Waals surface area contributed by atoms with Gasteiger partial charge in [0.2, 0.25) is 0 Å².